The number of alkyl halides is 4. The topological polar surface area (TPSA) is 67.1 Å². The number of anilines is 1. The minimum absolute atomic E-state index is 0.522. The third kappa shape index (κ3) is 3.53. The van der Waals surface area contributed by atoms with E-state index in [1.54, 1.807) is 5.43 Å². The van der Waals surface area contributed by atoms with Crippen LogP contribution in [0.1, 0.15) is 10.4 Å². The van der Waals surface area contributed by atoms with Crippen LogP contribution in [0.15, 0.2) is 12.1 Å². The Morgan fingerprint density at radius 3 is 2.15 bits per heavy atom. The van der Waals surface area contributed by atoms with Crippen LogP contribution in [0.4, 0.5) is 32.0 Å². The molecule has 0 unspecified atom stereocenters. The van der Waals surface area contributed by atoms with Gasteiger partial charge in [0.25, 0.3) is 5.91 Å². The number of hydrazine groups is 1. The standard InChI is InChI=1S/C10H9F6N3O/c11-5-1-4(2-6(12)7(5)19-17)8(20)18-3-10(15,16)9(13)14/h1-2,9,19H,3,17H2,(H,18,20). The number of carbonyl (C=O) groups is 1. The molecule has 0 aliphatic heterocycles. The van der Waals surface area contributed by atoms with Crippen molar-refractivity contribution in [2.75, 3.05) is 12.0 Å². The molecule has 0 fully saturated rings. The lowest BCUT2D eigenvalue weighted by molar-refractivity contribution is -0.123. The second-order valence-electron chi connectivity index (χ2n) is 3.70. The first-order chi connectivity index (χ1) is 9.19. The van der Waals surface area contributed by atoms with Gasteiger partial charge in [0.05, 0.1) is 6.54 Å². The Labute approximate surface area is 108 Å². The van der Waals surface area contributed by atoms with Gasteiger partial charge in [-0.15, -0.1) is 0 Å². The summed E-state index contributed by atoms with van der Waals surface area (Å²) in [5, 5.41) is 1.46. The van der Waals surface area contributed by atoms with Crippen LogP contribution in [0.5, 0.6) is 0 Å². The molecular weight excluding hydrogens is 292 g/mol. The number of benzene rings is 1. The molecule has 112 valence electrons. The number of nitrogens with one attached hydrogen (secondary N) is 2. The van der Waals surface area contributed by atoms with Gasteiger partial charge in [-0.05, 0) is 12.1 Å². The van der Waals surface area contributed by atoms with E-state index in [0.717, 1.165) is 0 Å². The Balaban J connectivity index is 2.84. The summed E-state index contributed by atoms with van der Waals surface area (Å²) in [6, 6.07) is 1.04. The summed E-state index contributed by atoms with van der Waals surface area (Å²) in [4.78, 5) is 11.3. The highest BCUT2D eigenvalue weighted by atomic mass is 19.3. The number of hydrogen-bond acceptors (Lipinski definition) is 3. The highest BCUT2D eigenvalue weighted by Crippen LogP contribution is 2.22. The Morgan fingerprint density at radius 1 is 1.25 bits per heavy atom. The van der Waals surface area contributed by atoms with Crippen LogP contribution < -0.4 is 16.6 Å². The van der Waals surface area contributed by atoms with Gasteiger partial charge >= 0.3 is 12.3 Å². The SMILES string of the molecule is NNc1c(F)cc(C(=O)NCC(F)(F)C(F)F)cc1F. The molecule has 0 heterocycles. The summed E-state index contributed by atoms with van der Waals surface area (Å²) < 4.78 is 75.3. The fourth-order valence-corrected chi connectivity index (χ4v) is 1.22. The van der Waals surface area contributed by atoms with Crippen LogP contribution in [-0.2, 0) is 0 Å². The van der Waals surface area contributed by atoms with Crippen molar-refractivity contribution in [2.45, 2.75) is 12.3 Å². The Morgan fingerprint density at radius 2 is 1.75 bits per heavy atom. The number of halogens is 6. The number of nitrogen functional groups attached to an aromatic ring is 1. The lowest BCUT2D eigenvalue weighted by Crippen LogP contribution is -2.41. The first-order valence-corrected chi connectivity index (χ1v) is 5.09. The zero-order valence-corrected chi connectivity index (χ0v) is 9.69. The maximum Gasteiger partial charge on any atom is 0.324 e. The summed E-state index contributed by atoms with van der Waals surface area (Å²) in [7, 11) is 0. The van der Waals surface area contributed by atoms with E-state index in [-0.39, 0.29) is 0 Å². The average molecular weight is 301 g/mol. The zero-order valence-electron chi connectivity index (χ0n) is 9.69. The van der Waals surface area contributed by atoms with E-state index in [2.05, 4.69) is 0 Å². The fourth-order valence-electron chi connectivity index (χ4n) is 1.22. The molecule has 0 bridgehead atoms. The van der Waals surface area contributed by atoms with E-state index < -0.39 is 47.7 Å². The van der Waals surface area contributed by atoms with Gasteiger partial charge in [-0.2, -0.15) is 8.78 Å². The Kier molecular flexibility index (Phi) is 4.82. The quantitative estimate of drug-likeness (QED) is 0.442. The predicted octanol–water partition coefficient (Wildman–Crippen LogP) is 1.88. The van der Waals surface area contributed by atoms with Crippen molar-refractivity contribution in [1.29, 1.82) is 0 Å². The Bertz CT molecular complexity index is 485. The molecule has 0 spiro atoms. The Hall–Kier alpha value is -1.97. The van der Waals surface area contributed by atoms with Crippen molar-refractivity contribution in [2.24, 2.45) is 5.84 Å². The molecule has 0 radical (unpaired) electrons. The molecule has 1 rings (SSSR count). The van der Waals surface area contributed by atoms with E-state index in [1.165, 1.54) is 5.32 Å². The van der Waals surface area contributed by atoms with Gasteiger partial charge in [0.2, 0.25) is 0 Å². The summed E-state index contributed by atoms with van der Waals surface area (Å²) in [5.41, 5.74) is 0.328. The van der Waals surface area contributed by atoms with E-state index in [4.69, 9.17) is 5.84 Å². The van der Waals surface area contributed by atoms with Gasteiger partial charge in [0.15, 0.2) is 11.6 Å². The van der Waals surface area contributed by atoms with Crippen molar-refractivity contribution in [3.05, 3.63) is 29.3 Å². The highest BCUT2D eigenvalue weighted by molar-refractivity contribution is 5.94. The molecule has 0 aromatic heterocycles. The molecule has 20 heavy (non-hydrogen) atoms. The second-order valence-corrected chi connectivity index (χ2v) is 3.70. The van der Waals surface area contributed by atoms with Crippen molar-refractivity contribution in [3.8, 4) is 0 Å². The molecule has 0 aliphatic carbocycles. The van der Waals surface area contributed by atoms with Crippen LogP contribution in [-0.4, -0.2) is 24.8 Å². The summed E-state index contributed by atoms with van der Waals surface area (Å²) in [6.07, 6.45) is -3.97. The van der Waals surface area contributed by atoms with Crippen LogP contribution in [0.2, 0.25) is 0 Å². The second kappa shape index (κ2) is 5.99. The molecule has 10 heteroatoms. The summed E-state index contributed by atoms with van der Waals surface area (Å²) >= 11 is 0. The average Bonchev–Trinajstić information content (AvgIpc) is 2.35. The number of hydrogen-bond donors (Lipinski definition) is 3. The van der Waals surface area contributed by atoms with Crippen LogP contribution in [0.3, 0.4) is 0 Å². The van der Waals surface area contributed by atoms with Crippen molar-refractivity contribution < 1.29 is 31.1 Å². The van der Waals surface area contributed by atoms with Gasteiger partial charge in [-0.25, -0.2) is 17.6 Å². The molecule has 1 amide bonds. The third-order valence-electron chi connectivity index (χ3n) is 2.25. The largest absolute Gasteiger partial charge is 0.346 e. The number of rotatable bonds is 5. The van der Waals surface area contributed by atoms with Gasteiger partial charge in [-0.1, -0.05) is 0 Å². The van der Waals surface area contributed by atoms with Crippen molar-refractivity contribution >= 4 is 11.6 Å². The third-order valence-corrected chi connectivity index (χ3v) is 2.25. The molecular formula is C10H9F6N3O. The maximum absolute atomic E-state index is 13.2. The number of nitrogens with two attached hydrogens (primary N) is 1. The molecule has 0 saturated heterocycles. The highest BCUT2D eigenvalue weighted by Gasteiger charge is 2.40. The van der Waals surface area contributed by atoms with Crippen molar-refractivity contribution in [3.63, 3.8) is 0 Å². The molecule has 0 saturated carbocycles. The molecule has 1 aromatic carbocycles. The number of amides is 1. The first-order valence-electron chi connectivity index (χ1n) is 5.09. The fraction of sp³-hybridized carbons (Fsp3) is 0.300. The van der Waals surface area contributed by atoms with E-state index >= 15 is 0 Å². The van der Waals surface area contributed by atoms with Crippen LogP contribution in [0, 0.1) is 11.6 Å². The summed E-state index contributed by atoms with van der Waals surface area (Å²) in [6.45, 7) is -1.66. The first kappa shape index (κ1) is 16.1. The smallest absolute Gasteiger partial charge is 0.324 e. The van der Waals surface area contributed by atoms with E-state index in [9.17, 15) is 31.1 Å². The van der Waals surface area contributed by atoms with Gasteiger partial charge in [0, 0.05) is 5.56 Å². The van der Waals surface area contributed by atoms with E-state index in [1.807, 2.05) is 0 Å². The lowest BCUT2D eigenvalue weighted by Gasteiger charge is -2.16. The zero-order chi connectivity index (χ0) is 15.5. The van der Waals surface area contributed by atoms with Crippen molar-refractivity contribution in [1.82, 2.24) is 5.32 Å². The molecule has 4 nitrogen and oxygen atoms in total. The normalized spacial score (nSPS) is 11.6. The predicted molar refractivity (Wildman–Crippen MR) is 57.5 cm³/mol. The van der Waals surface area contributed by atoms with Crippen LogP contribution >= 0.6 is 0 Å². The molecule has 1 aromatic rings. The van der Waals surface area contributed by atoms with Gasteiger partial charge in [0.1, 0.15) is 5.69 Å². The molecule has 0 aliphatic rings. The van der Waals surface area contributed by atoms with E-state index in [0.29, 0.717) is 12.1 Å². The number of carbonyl (C=O) groups excluding carboxylic acids is 1. The van der Waals surface area contributed by atoms with Gasteiger partial charge in [-0.3, -0.25) is 10.6 Å². The molecule has 4 N–H and O–H groups in total. The lowest BCUT2D eigenvalue weighted by atomic mass is 10.1. The maximum atomic E-state index is 13.2. The van der Waals surface area contributed by atoms with Gasteiger partial charge < -0.3 is 10.7 Å². The summed E-state index contributed by atoms with van der Waals surface area (Å²) in [5.74, 6) is -3.43. The monoisotopic (exact) mass is 301 g/mol. The minimum atomic E-state index is -4.44. The minimum Gasteiger partial charge on any atom is -0.346 e. The molecule has 0 atom stereocenters. The van der Waals surface area contributed by atoms with Crippen LogP contribution in [0.25, 0.3) is 0 Å².